The summed E-state index contributed by atoms with van der Waals surface area (Å²) in [7, 11) is 0. The van der Waals surface area contributed by atoms with E-state index in [4.69, 9.17) is 11.1 Å². The number of rotatable bonds is 4. The number of nitrogens with zero attached hydrogens (tertiary/aromatic N) is 3. The number of aliphatic carboxylic acids is 1. The molecule has 0 unspecified atom stereocenters. The average molecular weight is 486 g/mol. The van der Waals surface area contributed by atoms with Gasteiger partial charge in [-0.2, -0.15) is 0 Å². The van der Waals surface area contributed by atoms with E-state index in [9.17, 15) is 19.5 Å². The number of carbonyl (C=O) groups excluding carboxylic acids is 2. The lowest BCUT2D eigenvalue weighted by Gasteiger charge is -2.38. The highest BCUT2D eigenvalue weighted by molar-refractivity contribution is 9.10. The first-order valence-corrected chi connectivity index (χ1v) is 10.5. The van der Waals surface area contributed by atoms with Crippen LogP contribution >= 0.6 is 15.9 Å². The van der Waals surface area contributed by atoms with Gasteiger partial charge in [0.2, 0.25) is 5.91 Å². The van der Waals surface area contributed by atoms with Gasteiger partial charge in [0.15, 0.2) is 0 Å². The van der Waals surface area contributed by atoms with Crippen LogP contribution in [-0.4, -0.2) is 58.6 Å². The fourth-order valence-electron chi connectivity index (χ4n) is 4.42. The zero-order chi connectivity index (χ0) is 22.3. The van der Waals surface area contributed by atoms with E-state index >= 15 is 0 Å². The van der Waals surface area contributed by atoms with Gasteiger partial charge < -0.3 is 26.0 Å². The fourth-order valence-corrected chi connectivity index (χ4v) is 5.15. The average Bonchev–Trinajstić information content (AvgIpc) is 2.97. The van der Waals surface area contributed by atoms with Crippen LogP contribution in [0.5, 0.6) is 0 Å². The predicted octanol–water partition coefficient (Wildman–Crippen LogP) is 2.03. The van der Waals surface area contributed by atoms with Crippen LogP contribution in [-0.2, 0) is 15.0 Å². The summed E-state index contributed by atoms with van der Waals surface area (Å²) in [5, 5.41) is 16.7. The van der Waals surface area contributed by atoms with Gasteiger partial charge in [0, 0.05) is 35.0 Å². The molecule has 2 aliphatic rings. The lowest BCUT2D eigenvalue weighted by molar-refractivity contribution is -0.137. The van der Waals surface area contributed by atoms with Crippen LogP contribution in [0.3, 0.4) is 0 Å². The maximum Gasteiger partial charge on any atom is 0.323 e. The number of benzene rings is 1. The highest BCUT2D eigenvalue weighted by Crippen LogP contribution is 2.50. The van der Waals surface area contributed by atoms with Crippen molar-refractivity contribution in [3.8, 4) is 0 Å². The minimum atomic E-state index is -1.08. The number of piperidine rings is 1. The Balaban J connectivity index is 1.61. The molecule has 2 amide bonds. The van der Waals surface area contributed by atoms with Gasteiger partial charge in [0.25, 0.3) is 5.91 Å². The lowest BCUT2D eigenvalue weighted by atomic mass is 9.73. The number of nitrogen functional groups attached to an aromatic ring is 1. The number of fused-ring (bicyclic) bond motifs is 2. The van der Waals surface area contributed by atoms with Crippen molar-refractivity contribution >= 4 is 51.3 Å². The largest absolute Gasteiger partial charge is 0.480 e. The van der Waals surface area contributed by atoms with Crippen molar-refractivity contribution in [3.63, 3.8) is 0 Å². The van der Waals surface area contributed by atoms with Crippen LogP contribution in [0.25, 0.3) is 0 Å². The number of hydrogen-bond donors (Lipinski definition) is 3. The van der Waals surface area contributed by atoms with Crippen LogP contribution < -0.4 is 10.6 Å². The van der Waals surface area contributed by atoms with E-state index in [0.717, 1.165) is 16.3 Å². The molecule has 31 heavy (non-hydrogen) atoms. The number of carbonyl (C=O) groups is 3. The number of pyridine rings is 1. The quantitative estimate of drug-likeness (QED) is 0.565. The Kier molecular flexibility index (Phi) is 5.26. The molecule has 1 saturated heterocycles. The smallest absolute Gasteiger partial charge is 0.323 e. The van der Waals surface area contributed by atoms with Crippen molar-refractivity contribution in [2.24, 2.45) is 0 Å². The Bertz CT molecular complexity index is 1110. The standard InChI is InChI=1S/C21H20BrN5O4/c22-12-2-1-3-16-18(12)21(20(31)27(16)11-17(28)29)6-8-26(9-7-21)19(30)14-5-4-13(24)15(10-23)25-14/h1-5,10,23H,6-9,11,24H2,(H,28,29). The summed E-state index contributed by atoms with van der Waals surface area (Å²) in [4.78, 5) is 44.8. The second kappa shape index (κ2) is 7.77. The predicted molar refractivity (Wildman–Crippen MR) is 117 cm³/mol. The van der Waals surface area contributed by atoms with Crippen molar-refractivity contribution in [1.29, 1.82) is 5.41 Å². The minimum absolute atomic E-state index is 0.190. The number of carboxylic acid groups (broad SMARTS) is 1. The fraction of sp³-hybridized carbons (Fsp3) is 0.286. The molecular weight excluding hydrogens is 466 g/mol. The first-order chi connectivity index (χ1) is 14.8. The van der Waals surface area contributed by atoms with Crippen molar-refractivity contribution in [2.75, 3.05) is 30.3 Å². The third kappa shape index (κ3) is 3.36. The topological polar surface area (TPSA) is 141 Å². The molecule has 2 aromatic rings. The first kappa shape index (κ1) is 21.0. The molecule has 0 radical (unpaired) electrons. The van der Waals surface area contributed by atoms with Gasteiger partial charge in [-0.25, -0.2) is 4.98 Å². The van der Waals surface area contributed by atoms with E-state index in [1.807, 2.05) is 6.07 Å². The van der Waals surface area contributed by atoms with E-state index in [0.29, 0.717) is 37.3 Å². The Hall–Kier alpha value is -3.27. The van der Waals surface area contributed by atoms with E-state index in [1.165, 1.54) is 11.0 Å². The summed E-state index contributed by atoms with van der Waals surface area (Å²) in [6, 6.07) is 8.44. The zero-order valence-corrected chi connectivity index (χ0v) is 18.1. The second-order valence-electron chi connectivity index (χ2n) is 7.61. The number of amides is 2. The Morgan fingerprint density at radius 3 is 2.61 bits per heavy atom. The molecule has 0 atom stereocenters. The second-order valence-corrected chi connectivity index (χ2v) is 8.46. The van der Waals surface area contributed by atoms with Crippen molar-refractivity contribution in [3.05, 3.63) is 51.8 Å². The summed E-state index contributed by atoms with van der Waals surface area (Å²) in [6.45, 7) is 0.227. The maximum atomic E-state index is 13.4. The van der Waals surface area contributed by atoms with Gasteiger partial charge in [-0.05, 0) is 37.1 Å². The van der Waals surface area contributed by atoms with Crippen LogP contribution in [0.1, 0.15) is 34.6 Å². The molecule has 2 aliphatic heterocycles. The maximum absolute atomic E-state index is 13.4. The van der Waals surface area contributed by atoms with E-state index in [-0.39, 0.29) is 23.2 Å². The van der Waals surface area contributed by atoms with Gasteiger partial charge >= 0.3 is 5.97 Å². The number of nitrogens with two attached hydrogens (primary N) is 1. The number of hydrogen-bond acceptors (Lipinski definition) is 6. The van der Waals surface area contributed by atoms with Crippen molar-refractivity contribution in [1.82, 2.24) is 9.88 Å². The van der Waals surface area contributed by atoms with Gasteiger partial charge in [-0.1, -0.05) is 22.0 Å². The number of anilines is 2. The number of halogens is 1. The van der Waals surface area contributed by atoms with Gasteiger partial charge in [0.1, 0.15) is 17.9 Å². The van der Waals surface area contributed by atoms with Crippen LogP contribution in [0.4, 0.5) is 11.4 Å². The Labute approximate surface area is 186 Å². The monoisotopic (exact) mass is 485 g/mol. The summed E-state index contributed by atoms with van der Waals surface area (Å²) in [6.07, 6.45) is 1.74. The van der Waals surface area contributed by atoms with Crippen LogP contribution in [0.15, 0.2) is 34.8 Å². The molecule has 9 nitrogen and oxygen atoms in total. The third-order valence-electron chi connectivity index (χ3n) is 5.93. The van der Waals surface area contributed by atoms with E-state index < -0.39 is 17.9 Å². The van der Waals surface area contributed by atoms with Gasteiger partial charge in [-0.15, -0.1) is 0 Å². The normalized spacial score (nSPS) is 17.0. The van der Waals surface area contributed by atoms with Crippen LogP contribution in [0, 0.1) is 5.41 Å². The Morgan fingerprint density at radius 2 is 1.97 bits per heavy atom. The highest BCUT2D eigenvalue weighted by atomic mass is 79.9. The summed E-state index contributed by atoms with van der Waals surface area (Å²) < 4.78 is 0.752. The van der Waals surface area contributed by atoms with Crippen molar-refractivity contribution in [2.45, 2.75) is 18.3 Å². The van der Waals surface area contributed by atoms with Gasteiger partial charge in [-0.3, -0.25) is 14.4 Å². The zero-order valence-electron chi connectivity index (χ0n) is 16.5. The number of aromatic nitrogens is 1. The molecule has 0 saturated carbocycles. The summed E-state index contributed by atoms with van der Waals surface area (Å²) in [5.74, 6) is -1.63. The van der Waals surface area contributed by atoms with Gasteiger partial charge in [0.05, 0.1) is 11.1 Å². The highest BCUT2D eigenvalue weighted by Gasteiger charge is 2.53. The number of likely N-dealkylation sites (tertiary alicyclic amines) is 1. The molecule has 4 rings (SSSR count). The molecule has 1 aromatic carbocycles. The molecule has 1 aromatic heterocycles. The molecule has 160 valence electrons. The summed E-state index contributed by atoms with van der Waals surface area (Å²) >= 11 is 3.53. The molecule has 1 fully saturated rings. The Morgan fingerprint density at radius 1 is 1.26 bits per heavy atom. The first-order valence-electron chi connectivity index (χ1n) is 9.67. The molecule has 0 aliphatic carbocycles. The molecule has 4 N–H and O–H groups in total. The number of carboxylic acids is 1. The minimum Gasteiger partial charge on any atom is -0.480 e. The molecule has 0 bridgehead atoms. The SMILES string of the molecule is N=Cc1nc(C(=O)N2CCC3(CC2)C(=O)N(CC(=O)O)c2cccc(Br)c23)ccc1N. The molecule has 1 spiro atoms. The van der Waals surface area contributed by atoms with Crippen LogP contribution in [0.2, 0.25) is 0 Å². The molecule has 3 heterocycles. The summed E-state index contributed by atoms with van der Waals surface area (Å²) in [5.41, 5.74) is 6.99. The van der Waals surface area contributed by atoms with Crippen molar-refractivity contribution < 1.29 is 19.5 Å². The lowest BCUT2D eigenvalue weighted by Crippen LogP contribution is -2.51. The third-order valence-corrected chi connectivity index (χ3v) is 6.59. The molecular formula is C21H20BrN5O4. The molecule has 10 heteroatoms. The van der Waals surface area contributed by atoms with E-state index in [2.05, 4.69) is 20.9 Å². The van der Waals surface area contributed by atoms with E-state index in [1.54, 1.807) is 23.1 Å². The number of nitrogens with one attached hydrogen (secondary N) is 1.